The summed E-state index contributed by atoms with van der Waals surface area (Å²) in [6, 6.07) is 15.3. The minimum atomic E-state index is -1.07. The van der Waals surface area contributed by atoms with Crippen LogP contribution < -0.4 is 9.47 Å². The quantitative estimate of drug-likeness (QED) is 0.797. The number of rotatable bonds is 5. The summed E-state index contributed by atoms with van der Waals surface area (Å²) in [5.41, 5.74) is 0.413. The predicted octanol–water partition coefficient (Wildman–Crippen LogP) is 4.11. The van der Waals surface area contributed by atoms with E-state index in [9.17, 15) is 5.11 Å². The van der Waals surface area contributed by atoms with Gasteiger partial charge in [-0.25, -0.2) is 0 Å². The van der Waals surface area contributed by atoms with Crippen LogP contribution in [0.3, 0.4) is 0 Å². The minimum absolute atomic E-state index is 0.254. The van der Waals surface area contributed by atoms with Crippen molar-refractivity contribution in [1.29, 1.82) is 0 Å². The highest BCUT2D eigenvalue weighted by Crippen LogP contribution is 2.64. The fraction of sp³-hybridized carbons (Fsp3) is 0.368. The molecule has 23 heavy (non-hydrogen) atoms. The smallest absolute Gasteiger partial charge is 0.121 e. The fourth-order valence-electron chi connectivity index (χ4n) is 3.18. The summed E-state index contributed by atoms with van der Waals surface area (Å²) in [5, 5.41) is 11.7. The molecule has 3 nitrogen and oxygen atoms in total. The Bertz CT molecular complexity index is 633. The van der Waals surface area contributed by atoms with Gasteiger partial charge in [0.15, 0.2) is 0 Å². The number of ether oxygens (including phenoxy) is 2. The summed E-state index contributed by atoms with van der Waals surface area (Å²) in [7, 11) is 3.28. The average molecular weight is 377 g/mol. The van der Waals surface area contributed by atoms with Crippen LogP contribution in [-0.4, -0.2) is 24.2 Å². The lowest BCUT2D eigenvalue weighted by atomic mass is 9.74. The van der Waals surface area contributed by atoms with Crippen molar-refractivity contribution in [2.75, 3.05) is 14.2 Å². The van der Waals surface area contributed by atoms with E-state index in [1.165, 1.54) is 0 Å². The predicted molar refractivity (Wildman–Crippen MR) is 94.4 cm³/mol. The second-order valence-corrected chi connectivity index (χ2v) is 7.36. The van der Waals surface area contributed by atoms with E-state index in [4.69, 9.17) is 9.47 Å². The normalized spacial score (nSPS) is 23.4. The molecule has 1 fully saturated rings. The number of hydrogen-bond donors (Lipinski definition) is 1. The van der Waals surface area contributed by atoms with Crippen LogP contribution in [0.2, 0.25) is 0 Å². The third kappa shape index (κ3) is 2.54. The number of halogens is 1. The van der Waals surface area contributed by atoms with E-state index in [-0.39, 0.29) is 10.2 Å². The first-order chi connectivity index (χ1) is 11.0. The van der Waals surface area contributed by atoms with E-state index in [2.05, 4.69) is 22.9 Å². The van der Waals surface area contributed by atoms with Gasteiger partial charge in [0.2, 0.25) is 0 Å². The zero-order valence-corrected chi connectivity index (χ0v) is 15.1. The van der Waals surface area contributed by atoms with Gasteiger partial charge in [0.1, 0.15) is 17.1 Å². The molecule has 0 heterocycles. The molecule has 2 aromatic rings. The van der Waals surface area contributed by atoms with Gasteiger partial charge in [0.05, 0.1) is 14.2 Å². The van der Waals surface area contributed by atoms with Gasteiger partial charge >= 0.3 is 0 Å². The Morgan fingerprint density at radius 2 is 1.30 bits per heavy atom. The molecule has 0 saturated heterocycles. The minimum Gasteiger partial charge on any atom is -0.497 e. The van der Waals surface area contributed by atoms with Crippen LogP contribution in [-0.2, 0) is 5.60 Å². The van der Waals surface area contributed by atoms with Crippen LogP contribution in [0.25, 0.3) is 0 Å². The van der Waals surface area contributed by atoms with Crippen molar-refractivity contribution < 1.29 is 14.6 Å². The van der Waals surface area contributed by atoms with Crippen molar-refractivity contribution in [3.63, 3.8) is 0 Å². The molecule has 0 bridgehead atoms. The lowest BCUT2D eigenvalue weighted by Crippen LogP contribution is -2.37. The maximum absolute atomic E-state index is 11.7. The van der Waals surface area contributed by atoms with E-state index in [1.807, 2.05) is 48.5 Å². The van der Waals surface area contributed by atoms with E-state index in [1.54, 1.807) is 14.2 Å². The van der Waals surface area contributed by atoms with Gasteiger partial charge in [0, 0.05) is 10.2 Å². The maximum Gasteiger partial charge on any atom is 0.121 e. The van der Waals surface area contributed by atoms with Gasteiger partial charge in [-0.1, -0.05) is 47.1 Å². The van der Waals surface area contributed by atoms with Crippen molar-refractivity contribution in [3.8, 4) is 11.5 Å². The average Bonchev–Trinajstić information content (AvgIpc) is 3.22. The molecule has 0 unspecified atom stereocenters. The maximum atomic E-state index is 11.7. The van der Waals surface area contributed by atoms with Crippen molar-refractivity contribution in [2.45, 2.75) is 23.8 Å². The lowest BCUT2D eigenvalue weighted by Gasteiger charge is -2.36. The van der Waals surface area contributed by atoms with E-state index in [0.29, 0.717) is 0 Å². The first-order valence-corrected chi connectivity index (χ1v) is 8.53. The molecule has 2 aromatic carbocycles. The van der Waals surface area contributed by atoms with Crippen LogP contribution in [0.4, 0.5) is 0 Å². The Kier molecular flexibility index (Phi) is 4.15. The summed E-state index contributed by atoms with van der Waals surface area (Å²) in [5.74, 6) is 1.56. The molecule has 122 valence electrons. The highest BCUT2D eigenvalue weighted by Gasteiger charge is 2.63. The summed E-state index contributed by atoms with van der Waals surface area (Å²) in [4.78, 5) is 0.282. The first kappa shape index (κ1) is 16.3. The number of hydrogen-bond acceptors (Lipinski definition) is 3. The molecule has 4 heteroatoms. The first-order valence-electron chi connectivity index (χ1n) is 7.61. The fourth-order valence-corrected chi connectivity index (χ4v) is 4.18. The van der Waals surface area contributed by atoms with Gasteiger partial charge in [-0.05, 0) is 41.8 Å². The molecule has 1 aliphatic carbocycles. The van der Waals surface area contributed by atoms with Crippen molar-refractivity contribution >= 4 is 15.9 Å². The van der Waals surface area contributed by atoms with Gasteiger partial charge in [0.25, 0.3) is 0 Å². The Morgan fingerprint density at radius 1 is 0.957 bits per heavy atom. The van der Waals surface area contributed by atoms with Crippen LogP contribution in [0.1, 0.15) is 24.5 Å². The summed E-state index contributed by atoms with van der Waals surface area (Å²) >= 11 is 3.68. The molecule has 0 aliphatic heterocycles. The van der Waals surface area contributed by atoms with Gasteiger partial charge in [-0.2, -0.15) is 0 Å². The Morgan fingerprint density at radius 3 is 1.57 bits per heavy atom. The topological polar surface area (TPSA) is 38.7 Å². The second-order valence-electron chi connectivity index (χ2n) is 6.26. The van der Waals surface area contributed by atoms with Crippen molar-refractivity contribution in [3.05, 3.63) is 59.7 Å². The molecule has 2 atom stereocenters. The zero-order chi connectivity index (χ0) is 16.7. The number of methoxy groups -OCH3 is 2. The molecule has 1 saturated carbocycles. The van der Waals surface area contributed by atoms with Gasteiger partial charge in [-0.3, -0.25) is 0 Å². The van der Waals surface area contributed by atoms with Crippen molar-refractivity contribution in [2.24, 2.45) is 5.41 Å². The molecule has 3 rings (SSSR count). The summed E-state index contributed by atoms with van der Waals surface area (Å²) in [6.45, 7) is 2.11. The van der Waals surface area contributed by atoms with Crippen LogP contribution in [0.15, 0.2) is 48.5 Å². The highest BCUT2D eigenvalue weighted by atomic mass is 79.9. The monoisotopic (exact) mass is 376 g/mol. The third-order valence-corrected chi connectivity index (χ3v) is 6.31. The highest BCUT2D eigenvalue weighted by molar-refractivity contribution is 9.09. The van der Waals surface area contributed by atoms with E-state index >= 15 is 0 Å². The molecule has 0 radical (unpaired) electrons. The number of aliphatic hydroxyl groups is 1. The van der Waals surface area contributed by atoms with Crippen LogP contribution in [0, 0.1) is 5.41 Å². The van der Waals surface area contributed by atoms with Gasteiger partial charge in [-0.15, -0.1) is 0 Å². The molecular formula is C19H21BrO3. The van der Waals surface area contributed by atoms with E-state index in [0.717, 1.165) is 29.0 Å². The summed E-state index contributed by atoms with van der Waals surface area (Å²) < 4.78 is 10.5. The standard InChI is InChI=1S/C19H21BrO3/c1-18(12-17(18)20)19(21,13-4-8-15(22-2)9-5-13)14-6-10-16(23-3)11-7-14/h4-11,17,21H,12H2,1-3H3/t17-,18+/m0/s1. The molecule has 0 spiro atoms. The Labute approximate surface area is 145 Å². The van der Waals surface area contributed by atoms with E-state index < -0.39 is 5.60 Å². The largest absolute Gasteiger partial charge is 0.497 e. The third-order valence-electron chi connectivity index (χ3n) is 4.98. The molecule has 0 aromatic heterocycles. The zero-order valence-electron chi connectivity index (χ0n) is 13.5. The second kappa shape index (κ2) is 5.84. The van der Waals surface area contributed by atoms with Crippen molar-refractivity contribution in [1.82, 2.24) is 0 Å². The summed E-state index contributed by atoms with van der Waals surface area (Å²) in [6.07, 6.45) is 0.918. The Hall–Kier alpha value is -1.52. The number of benzene rings is 2. The van der Waals surface area contributed by atoms with Gasteiger partial charge < -0.3 is 14.6 Å². The lowest BCUT2D eigenvalue weighted by molar-refractivity contribution is 0.0109. The van der Waals surface area contributed by atoms with Crippen LogP contribution in [0.5, 0.6) is 11.5 Å². The Balaban J connectivity index is 2.10. The van der Waals surface area contributed by atoms with Crippen LogP contribution >= 0.6 is 15.9 Å². The molecule has 0 amide bonds. The molecule has 1 N–H and O–H groups in total. The SMILES string of the molecule is COc1ccc(C(O)(c2ccc(OC)cc2)[C@]2(C)C[C@@H]2Br)cc1. The molecular weight excluding hydrogens is 356 g/mol. The molecule has 1 aliphatic rings. The number of alkyl halides is 1.